The Hall–Kier alpha value is -2.77. The van der Waals surface area contributed by atoms with Crippen molar-refractivity contribution in [2.75, 3.05) is 7.11 Å². The predicted molar refractivity (Wildman–Crippen MR) is 87.3 cm³/mol. The summed E-state index contributed by atoms with van der Waals surface area (Å²) in [5.41, 5.74) is -0.890. The highest BCUT2D eigenvalue weighted by atomic mass is 16.5. The van der Waals surface area contributed by atoms with E-state index in [0.717, 1.165) is 4.68 Å². The van der Waals surface area contributed by atoms with Crippen LogP contribution in [0, 0.1) is 0 Å². The minimum Gasteiger partial charge on any atom is -0.467 e. The molecule has 1 atom stereocenters. The van der Waals surface area contributed by atoms with Gasteiger partial charge in [0.15, 0.2) is 0 Å². The summed E-state index contributed by atoms with van der Waals surface area (Å²) in [5.74, 6) is -0.882. The first-order chi connectivity index (χ1) is 11.4. The molecule has 8 heteroatoms. The number of rotatable bonds is 6. The van der Waals surface area contributed by atoms with Crippen LogP contribution in [0.5, 0.6) is 0 Å². The summed E-state index contributed by atoms with van der Waals surface area (Å²) < 4.78 is 5.85. The van der Waals surface area contributed by atoms with Crippen molar-refractivity contribution >= 4 is 22.8 Å². The molecule has 128 valence electrons. The lowest BCUT2D eigenvalue weighted by Crippen LogP contribution is -2.52. The number of amides is 1. The zero-order valence-electron chi connectivity index (χ0n) is 13.9. The predicted octanol–water partition coefficient (Wildman–Crippen LogP) is 0.639. The van der Waals surface area contributed by atoms with E-state index in [-0.39, 0.29) is 24.4 Å². The van der Waals surface area contributed by atoms with Gasteiger partial charge in [0.2, 0.25) is 5.91 Å². The summed E-state index contributed by atoms with van der Waals surface area (Å²) in [5, 5.41) is 10.9. The fraction of sp³-hybridized carbons (Fsp3) is 0.438. The van der Waals surface area contributed by atoms with Crippen LogP contribution in [0.4, 0.5) is 0 Å². The van der Waals surface area contributed by atoms with Crippen molar-refractivity contribution in [3.8, 4) is 0 Å². The van der Waals surface area contributed by atoms with E-state index in [1.54, 1.807) is 38.1 Å². The standard InChI is InChI=1S/C16H20N4O4/c1-4-16(2,15(23)24-3)17-13(21)9-10-20-14(22)11-7-5-6-8-12(11)18-19-20/h5-8H,4,9-10H2,1-3H3,(H,17,21)/t16-/m0/s1. The average Bonchev–Trinajstić information content (AvgIpc) is 2.60. The number of fused-ring (bicyclic) bond motifs is 1. The molecular formula is C16H20N4O4. The quantitative estimate of drug-likeness (QED) is 0.779. The lowest BCUT2D eigenvalue weighted by Gasteiger charge is -2.26. The molecule has 24 heavy (non-hydrogen) atoms. The molecule has 0 aliphatic heterocycles. The van der Waals surface area contributed by atoms with Crippen LogP contribution in [0.1, 0.15) is 26.7 Å². The van der Waals surface area contributed by atoms with Crippen LogP contribution in [0.25, 0.3) is 10.9 Å². The molecule has 0 saturated heterocycles. The second kappa shape index (κ2) is 7.20. The van der Waals surface area contributed by atoms with Crippen molar-refractivity contribution in [2.45, 2.75) is 38.8 Å². The van der Waals surface area contributed by atoms with Gasteiger partial charge in [-0.3, -0.25) is 9.59 Å². The molecule has 2 rings (SSSR count). The number of hydrogen-bond donors (Lipinski definition) is 1. The molecule has 0 aliphatic carbocycles. The van der Waals surface area contributed by atoms with Crippen LogP contribution in [0.15, 0.2) is 29.1 Å². The first-order valence-electron chi connectivity index (χ1n) is 7.63. The Balaban J connectivity index is 2.08. The molecule has 1 amide bonds. The van der Waals surface area contributed by atoms with Gasteiger partial charge in [0.1, 0.15) is 11.1 Å². The highest BCUT2D eigenvalue weighted by Crippen LogP contribution is 2.11. The van der Waals surface area contributed by atoms with Gasteiger partial charge in [-0.25, -0.2) is 9.48 Å². The monoisotopic (exact) mass is 332 g/mol. The van der Waals surface area contributed by atoms with E-state index in [4.69, 9.17) is 4.74 Å². The summed E-state index contributed by atoms with van der Waals surface area (Å²) in [4.78, 5) is 36.2. The third-order valence-corrected chi connectivity index (χ3v) is 3.94. The molecule has 1 aromatic carbocycles. The van der Waals surface area contributed by atoms with E-state index in [1.807, 2.05) is 0 Å². The zero-order chi connectivity index (χ0) is 17.7. The number of hydrogen-bond acceptors (Lipinski definition) is 6. The topological polar surface area (TPSA) is 103 Å². The Morgan fingerprint density at radius 2 is 2.04 bits per heavy atom. The molecule has 0 unspecified atom stereocenters. The number of aryl methyl sites for hydroxylation is 1. The van der Waals surface area contributed by atoms with Gasteiger partial charge in [-0.05, 0) is 25.5 Å². The maximum absolute atomic E-state index is 12.3. The first-order valence-corrected chi connectivity index (χ1v) is 7.63. The Labute approximate surface area is 138 Å². The largest absolute Gasteiger partial charge is 0.467 e. The van der Waals surface area contributed by atoms with E-state index in [1.165, 1.54) is 7.11 Å². The summed E-state index contributed by atoms with van der Waals surface area (Å²) in [7, 11) is 1.27. The number of carbonyl (C=O) groups excluding carboxylic acids is 2. The van der Waals surface area contributed by atoms with Crippen molar-refractivity contribution in [3.05, 3.63) is 34.6 Å². The average molecular weight is 332 g/mol. The molecule has 0 radical (unpaired) electrons. The summed E-state index contributed by atoms with van der Waals surface area (Å²) in [6, 6.07) is 6.87. The van der Waals surface area contributed by atoms with Gasteiger partial charge in [-0.2, -0.15) is 0 Å². The van der Waals surface area contributed by atoms with Crippen molar-refractivity contribution < 1.29 is 14.3 Å². The Kier molecular flexibility index (Phi) is 5.28. The fourth-order valence-electron chi connectivity index (χ4n) is 2.26. The number of nitrogens with one attached hydrogen (secondary N) is 1. The van der Waals surface area contributed by atoms with E-state index < -0.39 is 11.5 Å². The molecule has 1 heterocycles. The van der Waals surface area contributed by atoms with Gasteiger partial charge < -0.3 is 10.1 Å². The first kappa shape index (κ1) is 17.6. The number of aromatic nitrogens is 3. The lowest BCUT2D eigenvalue weighted by atomic mass is 9.99. The van der Waals surface area contributed by atoms with Crippen molar-refractivity contribution in [1.82, 2.24) is 20.3 Å². The number of nitrogens with zero attached hydrogens (tertiary/aromatic N) is 3. The summed E-state index contributed by atoms with van der Waals surface area (Å²) in [6.45, 7) is 3.44. The molecule has 8 nitrogen and oxygen atoms in total. The van der Waals surface area contributed by atoms with E-state index >= 15 is 0 Å². The van der Waals surface area contributed by atoms with Gasteiger partial charge in [0.05, 0.1) is 19.0 Å². The highest BCUT2D eigenvalue weighted by Gasteiger charge is 2.33. The van der Waals surface area contributed by atoms with Crippen molar-refractivity contribution in [2.24, 2.45) is 0 Å². The molecule has 1 aromatic heterocycles. The van der Waals surface area contributed by atoms with E-state index in [9.17, 15) is 14.4 Å². The Morgan fingerprint density at radius 1 is 1.33 bits per heavy atom. The Bertz CT molecular complexity index is 817. The van der Waals surface area contributed by atoms with Gasteiger partial charge in [-0.1, -0.05) is 24.3 Å². The number of carbonyl (C=O) groups is 2. The smallest absolute Gasteiger partial charge is 0.331 e. The second-order valence-corrected chi connectivity index (χ2v) is 5.61. The van der Waals surface area contributed by atoms with Gasteiger partial charge in [0, 0.05) is 6.42 Å². The van der Waals surface area contributed by atoms with Crippen molar-refractivity contribution in [3.63, 3.8) is 0 Å². The van der Waals surface area contributed by atoms with Crippen LogP contribution < -0.4 is 10.9 Å². The number of ether oxygens (including phenoxy) is 1. The normalized spacial score (nSPS) is 13.3. The maximum Gasteiger partial charge on any atom is 0.331 e. The number of methoxy groups -OCH3 is 1. The minimum absolute atomic E-state index is 0.000485. The molecule has 0 bridgehead atoms. The molecular weight excluding hydrogens is 312 g/mol. The molecule has 0 spiro atoms. The minimum atomic E-state index is -1.09. The van der Waals surface area contributed by atoms with Gasteiger partial charge >= 0.3 is 5.97 Å². The van der Waals surface area contributed by atoms with Crippen LogP contribution in [-0.4, -0.2) is 39.5 Å². The fourth-order valence-corrected chi connectivity index (χ4v) is 2.26. The van der Waals surface area contributed by atoms with E-state index in [0.29, 0.717) is 17.3 Å². The molecule has 1 N–H and O–H groups in total. The summed E-state index contributed by atoms with van der Waals surface area (Å²) >= 11 is 0. The number of esters is 1. The van der Waals surface area contributed by atoms with Crippen molar-refractivity contribution in [1.29, 1.82) is 0 Å². The molecule has 0 fully saturated rings. The number of benzene rings is 1. The molecule has 2 aromatic rings. The molecule has 0 aliphatic rings. The van der Waals surface area contributed by atoms with Crippen LogP contribution in [-0.2, 0) is 20.9 Å². The zero-order valence-corrected chi connectivity index (χ0v) is 13.9. The van der Waals surface area contributed by atoms with Crippen LogP contribution >= 0.6 is 0 Å². The maximum atomic E-state index is 12.3. The SMILES string of the molecule is CC[C@](C)(NC(=O)CCn1nnc2ccccc2c1=O)C(=O)OC. The Morgan fingerprint density at radius 3 is 2.71 bits per heavy atom. The summed E-state index contributed by atoms with van der Waals surface area (Å²) in [6.07, 6.45) is 0.390. The highest BCUT2D eigenvalue weighted by molar-refractivity contribution is 5.87. The van der Waals surface area contributed by atoms with Crippen LogP contribution in [0.2, 0.25) is 0 Å². The van der Waals surface area contributed by atoms with Gasteiger partial charge in [0.25, 0.3) is 5.56 Å². The molecule has 0 saturated carbocycles. The van der Waals surface area contributed by atoms with Crippen LogP contribution in [0.3, 0.4) is 0 Å². The third-order valence-electron chi connectivity index (χ3n) is 3.94. The van der Waals surface area contributed by atoms with E-state index in [2.05, 4.69) is 15.6 Å². The second-order valence-electron chi connectivity index (χ2n) is 5.61. The lowest BCUT2D eigenvalue weighted by molar-refractivity contribution is -0.150. The third kappa shape index (κ3) is 3.58. The van der Waals surface area contributed by atoms with Gasteiger partial charge in [-0.15, -0.1) is 5.10 Å².